The van der Waals surface area contributed by atoms with Gasteiger partial charge in [0.15, 0.2) is 0 Å². The van der Waals surface area contributed by atoms with Crippen LogP contribution in [0.3, 0.4) is 0 Å². The van der Waals surface area contributed by atoms with Crippen molar-refractivity contribution in [2.45, 2.75) is 26.2 Å². The van der Waals surface area contributed by atoms with Gasteiger partial charge in [-0.15, -0.1) is 0 Å². The van der Waals surface area contributed by atoms with Gasteiger partial charge in [-0.1, -0.05) is 44.2 Å². The lowest BCUT2D eigenvalue weighted by Crippen LogP contribution is -2.36. The molecule has 22 heavy (non-hydrogen) atoms. The second-order valence-electron chi connectivity index (χ2n) is 6.11. The number of methoxy groups -OCH3 is 1. The molecule has 0 spiro atoms. The number of nitrogens with one attached hydrogen (secondary N) is 1. The fourth-order valence-electron chi connectivity index (χ4n) is 2.37. The van der Waals surface area contributed by atoms with Gasteiger partial charge in [-0.05, 0) is 36.2 Å². The van der Waals surface area contributed by atoms with Crippen LogP contribution in [0.1, 0.15) is 35.3 Å². The van der Waals surface area contributed by atoms with Crippen molar-refractivity contribution in [3.63, 3.8) is 0 Å². The van der Waals surface area contributed by atoms with Gasteiger partial charge in [-0.2, -0.15) is 0 Å². The molecule has 0 aliphatic carbocycles. The van der Waals surface area contributed by atoms with E-state index in [0.29, 0.717) is 6.54 Å². The Kier molecular flexibility index (Phi) is 4.86. The fourth-order valence-corrected chi connectivity index (χ4v) is 2.37. The topological polar surface area (TPSA) is 38.3 Å². The smallest absolute Gasteiger partial charge is 0.251 e. The molecule has 0 saturated heterocycles. The van der Waals surface area contributed by atoms with Crippen LogP contribution >= 0.6 is 0 Å². The van der Waals surface area contributed by atoms with Gasteiger partial charge in [-0.25, -0.2) is 0 Å². The lowest BCUT2D eigenvalue weighted by molar-refractivity contribution is 0.0945. The zero-order chi connectivity index (χ0) is 16.2. The number of carbonyl (C=O) groups excluding carboxylic acids is 1. The molecule has 0 radical (unpaired) electrons. The molecule has 2 rings (SSSR count). The number of hydrogen-bond acceptors (Lipinski definition) is 2. The van der Waals surface area contributed by atoms with Crippen LogP contribution in [0.4, 0.5) is 0 Å². The van der Waals surface area contributed by atoms with Gasteiger partial charge in [0, 0.05) is 17.5 Å². The Bertz CT molecular complexity index is 645. The minimum atomic E-state index is -0.148. The minimum Gasteiger partial charge on any atom is -0.497 e. The summed E-state index contributed by atoms with van der Waals surface area (Å²) >= 11 is 0. The maximum absolute atomic E-state index is 12.3. The third-order valence-corrected chi connectivity index (χ3v) is 3.95. The Labute approximate surface area is 132 Å². The molecule has 0 fully saturated rings. The van der Waals surface area contributed by atoms with Crippen molar-refractivity contribution in [3.8, 4) is 5.75 Å². The SMILES string of the molecule is COc1ccc(C(C)(C)CNC(=O)c2ccccc2C)cc1. The number of ether oxygens (including phenoxy) is 1. The van der Waals surface area contributed by atoms with E-state index in [4.69, 9.17) is 4.74 Å². The predicted octanol–water partition coefficient (Wildman–Crippen LogP) is 3.71. The number of rotatable bonds is 5. The number of carbonyl (C=O) groups is 1. The molecule has 3 nitrogen and oxygen atoms in total. The Morgan fingerprint density at radius 1 is 1.09 bits per heavy atom. The first-order valence-electron chi connectivity index (χ1n) is 7.42. The van der Waals surface area contributed by atoms with Crippen molar-refractivity contribution in [1.82, 2.24) is 5.32 Å². The van der Waals surface area contributed by atoms with E-state index in [1.807, 2.05) is 55.5 Å². The molecule has 0 aromatic heterocycles. The van der Waals surface area contributed by atoms with E-state index in [1.54, 1.807) is 7.11 Å². The third kappa shape index (κ3) is 3.67. The molecule has 0 saturated carbocycles. The first-order chi connectivity index (χ1) is 10.4. The van der Waals surface area contributed by atoms with E-state index in [9.17, 15) is 4.79 Å². The number of hydrogen-bond donors (Lipinski definition) is 1. The van der Waals surface area contributed by atoms with Crippen molar-refractivity contribution >= 4 is 5.91 Å². The van der Waals surface area contributed by atoms with Crippen LogP contribution in [-0.2, 0) is 5.41 Å². The average molecular weight is 297 g/mol. The van der Waals surface area contributed by atoms with E-state index in [1.165, 1.54) is 5.56 Å². The van der Waals surface area contributed by atoms with Crippen LogP contribution in [-0.4, -0.2) is 19.6 Å². The molecule has 0 heterocycles. The Morgan fingerprint density at radius 2 is 1.73 bits per heavy atom. The van der Waals surface area contributed by atoms with Gasteiger partial charge in [0.05, 0.1) is 7.11 Å². The van der Waals surface area contributed by atoms with Gasteiger partial charge >= 0.3 is 0 Å². The minimum absolute atomic E-state index is 0.0281. The number of aryl methyl sites for hydroxylation is 1. The highest BCUT2D eigenvalue weighted by molar-refractivity contribution is 5.95. The van der Waals surface area contributed by atoms with Crippen LogP contribution in [0, 0.1) is 6.92 Å². The lowest BCUT2D eigenvalue weighted by Gasteiger charge is -2.26. The van der Waals surface area contributed by atoms with Crippen molar-refractivity contribution in [3.05, 3.63) is 65.2 Å². The number of amides is 1. The summed E-state index contributed by atoms with van der Waals surface area (Å²) in [5.74, 6) is 0.809. The maximum atomic E-state index is 12.3. The van der Waals surface area contributed by atoms with Crippen LogP contribution in [0.5, 0.6) is 5.75 Å². The fraction of sp³-hybridized carbons (Fsp3) is 0.316. The summed E-state index contributed by atoms with van der Waals surface area (Å²) in [5.41, 5.74) is 2.73. The highest BCUT2D eigenvalue weighted by Gasteiger charge is 2.22. The molecule has 0 aliphatic rings. The van der Waals surface area contributed by atoms with Crippen LogP contribution in [0.2, 0.25) is 0 Å². The quantitative estimate of drug-likeness (QED) is 0.913. The molecule has 116 valence electrons. The zero-order valence-corrected chi connectivity index (χ0v) is 13.6. The summed E-state index contributed by atoms with van der Waals surface area (Å²) in [4.78, 5) is 12.3. The first-order valence-corrected chi connectivity index (χ1v) is 7.42. The van der Waals surface area contributed by atoms with E-state index in [2.05, 4.69) is 19.2 Å². The van der Waals surface area contributed by atoms with Gasteiger partial charge in [0.25, 0.3) is 5.91 Å². The van der Waals surface area contributed by atoms with Crippen molar-refractivity contribution in [1.29, 1.82) is 0 Å². The first kappa shape index (κ1) is 16.1. The highest BCUT2D eigenvalue weighted by atomic mass is 16.5. The molecule has 2 aromatic rings. The summed E-state index contributed by atoms with van der Waals surface area (Å²) in [6, 6.07) is 15.6. The van der Waals surface area contributed by atoms with E-state index >= 15 is 0 Å². The molecule has 1 N–H and O–H groups in total. The molecule has 0 unspecified atom stereocenters. The Hall–Kier alpha value is -2.29. The zero-order valence-electron chi connectivity index (χ0n) is 13.6. The van der Waals surface area contributed by atoms with Crippen molar-refractivity contribution < 1.29 is 9.53 Å². The molecule has 0 aliphatic heterocycles. The van der Waals surface area contributed by atoms with Crippen LogP contribution in [0.25, 0.3) is 0 Å². The van der Waals surface area contributed by atoms with E-state index in [-0.39, 0.29) is 11.3 Å². The molecule has 0 atom stereocenters. The van der Waals surface area contributed by atoms with Crippen LogP contribution in [0.15, 0.2) is 48.5 Å². The second-order valence-corrected chi connectivity index (χ2v) is 6.11. The Balaban J connectivity index is 2.05. The Morgan fingerprint density at radius 3 is 2.32 bits per heavy atom. The molecular formula is C19H23NO2. The normalized spacial score (nSPS) is 11.1. The third-order valence-electron chi connectivity index (χ3n) is 3.95. The summed E-state index contributed by atoms with van der Waals surface area (Å²) < 4.78 is 5.18. The largest absolute Gasteiger partial charge is 0.497 e. The lowest BCUT2D eigenvalue weighted by atomic mass is 9.84. The van der Waals surface area contributed by atoms with Gasteiger partial charge < -0.3 is 10.1 Å². The molecule has 0 bridgehead atoms. The summed E-state index contributed by atoms with van der Waals surface area (Å²) in [6.45, 7) is 6.76. The standard InChI is InChI=1S/C19H23NO2/c1-14-7-5-6-8-17(14)18(21)20-13-19(2,3)15-9-11-16(22-4)12-10-15/h5-12H,13H2,1-4H3,(H,20,21). The summed E-state index contributed by atoms with van der Waals surface area (Å²) in [7, 11) is 1.66. The average Bonchev–Trinajstić information content (AvgIpc) is 2.53. The van der Waals surface area contributed by atoms with Crippen molar-refractivity contribution in [2.75, 3.05) is 13.7 Å². The second kappa shape index (κ2) is 6.65. The summed E-state index contributed by atoms with van der Waals surface area (Å²) in [5, 5.41) is 3.04. The highest BCUT2D eigenvalue weighted by Crippen LogP contribution is 2.24. The molecule has 2 aromatic carbocycles. The maximum Gasteiger partial charge on any atom is 0.251 e. The molecular weight excluding hydrogens is 274 g/mol. The van der Waals surface area contributed by atoms with Crippen LogP contribution < -0.4 is 10.1 Å². The number of benzene rings is 2. The van der Waals surface area contributed by atoms with Gasteiger partial charge in [-0.3, -0.25) is 4.79 Å². The van der Waals surface area contributed by atoms with E-state index in [0.717, 1.165) is 16.9 Å². The summed E-state index contributed by atoms with van der Waals surface area (Å²) in [6.07, 6.45) is 0. The van der Waals surface area contributed by atoms with E-state index < -0.39 is 0 Å². The predicted molar refractivity (Wildman–Crippen MR) is 89.5 cm³/mol. The van der Waals surface area contributed by atoms with Gasteiger partial charge in [0.2, 0.25) is 0 Å². The van der Waals surface area contributed by atoms with Gasteiger partial charge in [0.1, 0.15) is 5.75 Å². The molecule has 1 amide bonds. The monoisotopic (exact) mass is 297 g/mol. The molecule has 3 heteroatoms. The van der Waals surface area contributed by atoms with Crippen molar-refractivity contribution in [2.24, 2.45) is 0 Å².